The molecule has 0 radical (unpaired) electrons. The van der Waals surface area contributed by atoms with Crippen LogP contribution in [0.4, 0.5) is 0 Å². The molecule has 2 rings (SSSR count). The second kappa shape index (κ2) is 5.24. The standard InChI is InChI=1S/C12H23NO3S/c1-10(2)17(14,15)16-13-9-5-7-11-6-3-4-8-12(11)13/h10-12H,3-9H2,1-2H3. The lowest BCUT2D eigenvalue weighted by Crippen LogP contribution is -2.48. The van der Waals surface area contributed by atoms with E-state index in [-0.39, 0.29) is 0 Å². The minimum Gasteiger partial charge on any atom is -0.198 e. The largest absolute Gasteiger partial charge is 0.285 e. The predicted molar refractivity (Wildman–Crippen MR) is 66.8 cm³/mol. The molecule has 2 unspecified atom stereocenters. The first kappa shape index (κ1) is 13.3. The van der Waals surface area contributed by atoms with Crippen LogP contribution in [-0.2, 0) is 14.4 Å². The molecule has 2 atom stereocenters. The highest BCUT2D eigenvalue weighted by molar-refractivity contribution is 7.87. The first-order chi connectivity index (χ1) is 8.00. The number of nitrogens with zero attached hydrogens (tertiary/aromatic N) is 1. The molecular weight excluding hydrogens is 238 g/mol. The topological polar surface area (TPSA) is 46.6 Å². The van der Waals surface area contributed by atoms with Gasteiger partial charge in [-0.2, -0.15) is 17.8 Å². The van der Waals surface area contributed by atoms with Gasteiger partial charge in [-0.15, -0.1) is 0 Å². The lowest BCUT2D eigenvalue weighted by atomic mass is 9.79. The van der Waals surface area contributed by atoms with Crippen LogP contribution in [0.3, 0.4) is 0 Å². The molecule has 1 saturated carbocycles. The van der Waals surface area contributed by atoms with Gasteiger partial charge in [0.1, 0.15) is 0 Å². The average molecular weight is 261 g/mol. The minimum atomic E-state index is -3.42. The molecule has 0 aromatic carbocycles. The van der Waals surface area contributed by atoms with E-state index in [0.29, 0.717) is 12.0 Å². The monoisotopic (exact) mass is 261 g/mol. The Balaban J connectivity index is 2.04. The second-order valence-electron chi connectivity index (χ2n) is 5.51. The zero-order valence-electron chi connectivity index (χ0n) is 10.8. The number of hydrogen-bond acceptors (Lipinski definition) is 4. The highest BCUT2D eigenvalue weighted by Gasteiger charge is 2.36. The van der Waals surface area contributed by atoms with Gasteiger partial charge in [0.25, 0.3) is 10.1 Å². The summed E-state index contributed by atoms with van der Waals surface area (Å²) in [6, 6.07) is 0.325. The van der Waals surface area contributed by atoms with Gasteiger partial charge in [-0.3, -0.25) is 0 Å². The van der Waals surface area contributed by atoms with E-state index in [9.17, 15) is 8.42 Å². The zero-order valence-corrected chi connectivity index (χ0v) is 11.6. The first-order valence-electron chi connectivity index (χ1n) is 6.71. The molecule has 17 heavy (non-hydrogen) atoms. The molecule has 0 N–H and O–H groups in total. The van der Waals surface area contributed by atoms with E-state index < -0.39 is 15.4 Å². The number of hydrogen-bond donors (Lipinski definition) is 0. The fourth-order valence-corrected chi connectivity index (χ4v) is 3.52. The normalized spacial score (nSPS) is 31.5. The molecule has 2 aliphatic rings. The summed E-state index contributed by atoms with van der Waals surface area (Å²) in [4.78, 5) is 0. The molecule has 1 aliphatic heterocycles. The van der Waals surface area contributed by atoms with E-state index in [1.165, 1.54) is 25.7 Å². The predicted octanol–water partition coefficient (Wildman–Crippen LogP) is 2.31. The van der Waals surface area contributed by atoms with E-state index in [1.807, 2.05) is 0 Å². The van der Waals surface area contributed by atoms with Crippen molar-refractivity contribution >= 4 is 10.1 Å². The fraction of sp³-hybridized carbons (Fsp3) is 1.00. The number of piperidine rings is 1. The molecule has 0 amide bonds. The van der Waals surface area contributed by atoms with Gasteiger partial charge in [0.15, 0.2) is 0 Å². The Morgan fingerprint density at radius 3 is 2.47 bits per heavy atom. The second-order valence-corrected chi connectivity index (χ2v) is 7.59. The van der Waals surface area contributed by atoms with Crippen LogP contribution in [0, 0.1) is 5.92 Å². The summed E-state index contributed by atoms with van der Waals surface area (Å²) in [6.45, 7) is 4.09. The van der Waals surface area contributed by atoms with E-state index in [2.05, 4.69) is 0 Å². The molecule has 0 spiro atoms. The summed E-state index contributed by atoms with van der Waals surface area (Å²) in [5, 5.41) is 1.29. The molecule has 2 fully saturated rings. The average Bonchev–Trinajstić information content (AvgIpc) is 2.29. The maximum Gasteiger partial charge on any atom is 0.285 e. The van der Waals surface area contributed by atoms with Gasteiger partial charge in [-0.25, -0.2) is 0 Å². The van der Waals surface area contributed by atoms with Gasteiger partial charge in [-0.05, 0) is 45.4 Å². The van der Waals surface area contributed by atoms with E-state index >= 15 is 0 Å². The highest BCUT2D eigenvalue weighted by Crippen LogP contribution is 2.35. The van der Waals surface area contributed by atoms with Gasteiger partial charge in [0.05, 0.1) is 5.25 Å². The van der Waals surface area contributed by atoms with Crippen LogP contribution in [0.15, 0.2) is 0 Å². The van der Waals surface area contributed by atoms with Crippen molar-refractivity contribution in [1.82, 2.24) is 5.06 Å². The molecule has 0 aromatic heterocycles. The van der Waals surface area contributed by atoms with Crippen LogP contribution >= 0.6 is 0 Å². The number of rotatable bonds is 3. The van der Waals surface area contributed by atoms with Crippen molar-refractivity contribution in [3.05, 3.63) is 0 Å². The molecule has 0 aromatic rings. The van der Waals surface area contributed by atoms with Gasteiger partial charge < -0.3 is 0 Å². The number of hydroxylamine groups is 2. The summed E-state index contributed by atoms with van der Waals surface area (Å²) < 4.78 is 28.9. The summed E-state index contributed by atoms with van der Waals surface area (Å²) in [6.07, 6.45) is 7.07. The Morgan fingerprint density at radius 2 is 1.76 bits per heavy atom. The van der Waals surface area contributed by atoms with Crippen LogP contribution < -0.4 is 0 Å². The zero-order chi connectivity index (χ0) is 12.5. The van der Waals surface area contributed by atoms with Crippen molar-refractivity contribution in [3.8, 4) is 0 Å². The third-order valence-corrected chi connectivity index (χ3v) is 5.52. The van der Waals surface area contributed by atoms with E-state index in [0.717, 1.165) is 19.4 Å². The Kier molecular flexibility index (Phi) is 4.10. The molecule has 4 nitrogen and oxygen atoms in total. The highest BCUT2D eigenvalue weighted by atomic mass is 32.2. The Morgan fingerprint density at radius 1 is 1.12 bits per heavy atom. The fourth-order valence-electron chi connectivity index (χ4n) is 2.89. The van der Waals surface area contributed by atoms with Crippen molar-refractivity contribution in [1.29, 1.82) is 0 Å². The van der Waals surface area contributed by atoms with Gasteiger partial charge >= 0.3 is 0 Å². The lowest BCUT2D eigenvalue weighted by molar-refractivity contribution is -0.136. The van der Waals surface area contributed by atoms with Crippen molar-refractivity contribution in [2.75, 3.05) is 6.54 Å². The lowest BCUT2D eigenvalue weighted by Gasteiger charge is -2.42. The van der Waals surface area contributed by atoms with E-state index in [4.69, 9.17) is 4.28 Å². The van der Waals surface area contributed by atoms with Crippen LogP contribution in [0.25, 0.3) is 0 Å². The van der Waals surface area contributed by atoms with E-state index in [1.54, 1.807) is 18.9 Å². The maximum atomic E-state index is 11.8. The summed E-state index contributed by atoms with van der Waals surface area (Å²) in [5.41, 5.74) is 0. The van der Waals surface area contributed by atoms with Gasteiger partial charge in [0, 0.05) is 12.6 Å². The van der Waals surface area contributed by atoms with Crippen molar-refractivity contribution in [2.45, 2.75) is 63.7 Å². The maximum absolute atomic E-state index is 11.8. The molecule has 5 heteroatoms. The van der Waals surface area contributed by atoms with Gasteiger partial charge in [-0.1, -0.05) is 12.8 Å². The Bertz CT molecular complexity index is 351. The molecule has 0 bridgehead atoms. The first-order valence-corrected chi connectivity index (χ1v) is 8.18. The van der Waals surface area contributed by atoms with Crippen LogP contribution in [0.5, 0.6) is 0 Å². The van der Waals surface area contributed by atoms with Gasteiger partial charge in [0.2, 0.25) is 0 Å². The van der Waals surface area contributed by atoms with Crippen molar-refractivity contribution < 1.29 is 12.7 Å². The molecular formula is C12H23NO3S. The molecule has 1 saturated heterocycles. The SMILES string of the molecule is CC(C)S(=O)(=O)ON1CCCC2CCCCC21. The Labute approximate surface area is 104 Å². The number of fused-ring (bicyclic) bond motifs is 1. The van der Waals surface area contributed by atoms with Crippen LogP contribution in [0.1, 0.15) is 52.4 Å². The third kappa shape index (κ3) is 3.01. The quantitative estimate of drug-likeness (QED) is 0.782. The molecule has 1 heterocycles. The molecule has 100 valence electrons. The van der Waals surface area contributed by atoms with Crippen LogP contribution in [-0.4, -0.2) is 31.3 Å². The van der Waals surface area contributed by atoms with Crippen molar-refractivity contribution in [2.24, 2.45) is 5.92 Å². The summed E-state index contributed by atoms with van der Waals surface area (Å²) >= 11 is 0. The molecule has 1 aliphatic carbocycles. The summed E-state index contributed by atoms with van der Waals surface area (Å²) in [7, 11) is -3.42. The minimum absolute atomic E-state index is 0.325. The van der Waals surface area contributed by atoms with Crippen molar-refractivity contribution in [3.63, 3.8) is 0 Å². The Hall–Kier alpha value is -0.130. The summed E-state index contributed by atoms with van der Waals surface area (Å²) in [5.74, 6) is 0.639. The van der Waals surface area contributed by atoms with Crippen LogP contribution in [0.2, 0.25) is 0 Å². The third-order valence-electron chi connectivity index (χ3n) is 3.97. The smallest absolute Gasteiger partial charge is 0.198 e.